The summed E-state index contributed by atoms with van der Waals surface area (Å²) in [7, 11) is 0. The number of hydrogen-bond donors (Lipinski definition) is 1. The molecule has 0 spiro atoms. The van der Waals surface area contributed by atoms with Gasteiger partial charge in [0.15, 0.2) is 0 Å². The standard InChI is InChI=1S/C22H19F2N5O3/c1-13-5-6-14(19-27-21(32-28-19)17-7-8-22(23,24)12-31-17)10-15(13)26-20(30)16-11-25-18-4-2-3-9-29(16)18/h2-6,9-11,17H,7-8,12H2,1H3,(H,26,30). The quantitative estimate of drug-likeness (QED) is 0.506. The molecule has 164 valence electrons. The van der Waals surface area contributed by atoms with Gasteiger partial charge in [-0.05, 0) is 37.1 Å². The van der Waals surface area contributed by atoms with Crippen LogP contribution in [0.15, 0.2) is 53.3 Å². The maximum absolute atomic E-state index is 13.3. The number of halogens is 2. The number of alkyl halides is 2. The van der Waals surface area contributed by atoms with Gasteiger partial charge in [0.05, 0.1) is 6.20 Å². The zero-order valence-corrected chi connectivity index (χ0v) is 17.1. The molecule has 32 heavy (non-hydrogen) atoms. The second kappa shape index (κ2) is 7.79. The highest BCUT2D eigenvalue weighted by molar-refractivity contribution is 6.04. The highest BCUT2D eigenvalue weighted by Gasteiger charge is 2.38. The highest BCUT2D eigenvalue weighted by atomic mass is 19.3. The molecule has 1 aliphatic heterocycles. The molecule has 1 unspecified atom stereocenters. The number of ether oxygens (including phenoxy) is 1. The fourth-order valence-electron chi connectivity index (χ4n) is 3.58. The van der Waals surface area contributed by atoms with Crippen LogP contribution in [0.5, 0.6) is 0 Å². The van der Waals surface area contributed by atoms with E-state index in [1.54, 1.807) is 22.7 Å². The van der Waals surface area contributed by atoms with E-state index in [9.17, 15) is 13.6 Å². The van der Waals surface area contributed by atoms with Crippen LogP contribution in [0, 0.1) is 6.92 Å². The Morgan fingerprint density at radius 2 is 2.16 bits per heavy atom. The van der Waals surface area contributed by atoms with Gasteiger partial charge >= 0.3 is 0 Å². The molecule has 1 amide bonds. The number of nitrogens with zero attached hydrogens (tertiary/aromatic N) is 4. The Morgan fingerprint density at radius 1 is 1.28 bits per heavy atom. The van der Waals surface area contributed by atoms with Crippen molar-refractivity contribution in [1.29, 1.82) is 0 Å². The average molecular weight is 439 g/mol. The second-order valence-electron chi connectivity index (χ2n) is 7.71. The van der Waals surface area contributed by atoms with E-state index >= 15 is 0 Å². The van der Waals surface area contributed by atoms with Crippen molar-refractivity contribution in [1.82, 2.24) is 19.5 Å². The lowest BCUT2D eigenvalue weighted by atomic mass is 10.1. The van der Waals surface area contributed by atoms with E-state index in [4.69, 9.17) is 9.26 Å². The number of anilines is 1. The number of aromatic nitrogens is 4. The summed E-state index contributed by atoms with van der Waals surface area (Å²) in [6.45, 7) is 1.20. The summed E-state index contributed by atoms with van der Waals surface area (Å²) >= 11 is 0. The molecule has 10 heteroatoms. The van der Waals surface area contributed by atoms with Gasteiger partial charge in [0.2, 0.25) is 5.82 Å². The Kier molecular flexibility index (Phi) is 4.93. The topological polar surface area (TPSA) is 94.5 Å². The molecule has 8 nitrogen and oxygen atoms in total. The molecule has 1 fully saturated rings. The number of nitrogens with one attached hydrogen (secondary N) is 1. The number of amides is 1. The van der Waals surface area contributed by atoms with Crippen molar-refractivity contribution in [2.45, 2.75) is 31.8 Å². The van der Waals surface area contributed by atoms with Crippen LogP contribution in [-0.4, -0.2) is 38.0 Å². The number of carbonyl (C=O) groups is 1. The zero-order valence-electron chi connectivity index (χ0n) is 17.1. The molecule has 4 aromatic rings. The molecular formula is C22H19F2N5O3. The zero-order chi connectivity index (χ0) is 22.3. The first-order valence-corrected chi connectivity index (χ1v) is 10.1. The van der Waals surface area contributed by atoms with Gasteiger partial charge in [-0.3, -0.25) is 9.20 Å². The molecule has 0 bridgehead atoms. The van der Waals surface area contributed by atoms with Gasteiger partial charge in [-0.15, -0.1) is 0 Å². The van der Waals surface area contributed by atoms with E-state index in [2.05, 4.69) is 20.4 Å². The third-order valence-corrected chi connectivity index (χ3v) is 5.38. The second-order valence-corrected chi connectivity index (χ2v) is 7.71. The number of carbonyl (C=O) groups excluding carboxylic acids is 1. The van der Waals surface area contributed by atoms with E-state index in [0.29, 0.717) is 22.6 Å². The maximum Gasteiger partial charge on any atom is 0.274 e. The first-order chi connectivity index (χ1) is 15.4. The van der Waals surface area contributed by atoms with Crippen LogP contribution >= 0.6 is 0 Å². The van der Waals surface area contributed by atoms with Crippen LogP contribution in [0.3, 0.4) is 0 Å². The van der Waals surface area contributed by atoms with Crippen molar-refractivity contribution < 1.29 is 22.8 Å². The summed E-state index contributed by atoms with van der Waals surface area (Å²) in [6, 6.07) is 10.8. The molecule has 0 radical (unpaired) electrons. The Labute approximate surface area is 181 Å². The minimum Gasteiger partial charge on any atom is -0.362 e. The first-order valence-electron chi connectivity index (χ1n) is 10.1. The number of aryl methyl sites for hydroxylation is 1. The van der Waals surface area contributed by atoms with Crippen LogP contribution < -0.4 is 5.32 Å². The Bertz CT molecular complexity index is 1290. The van der Waals surface area contributed by atoms with E-state index in [0.717, 1.165) is 5.56 Å². The minimum atomic E-state index is -2.83. The third-order valence-electron chi connectivity index (χ3n) is 5.38. The molecule has 3 aromatic heterocycles. The molecule has 1 saturated heterocycles. The predicted molar refractivity (Wildman–Crippen MR) is 110 cm³/mol. The summed E-state index contributed by atoms with van der Waals surface area (Å²) in [6.07, 6.45) is 2.44. The lowest BCUT2D eigenvalue weighted by Gasteiger charge is -2.26. The van der Waals surface area contributed by atoms with Gasteiger partial charge in [0, 0.05) is 23.9 Å². The van der Waals surface area contributed by atoms with Gasteiger partial charge in [-0.25, -0.2) is 13.8 Å². The number of fused-ring (bicyclic) bond motifs is 1. The van der Waals surface area contributed by atoms with Crippen LogP contribution in [0.1, 0.15) is 40.9 Å². The van der Waals surface area contributed by atoms with E-state index in [1.807, 2.05) is 31.2 Å². The summed E-state index contributed by atoms with van der Waals surface area (Å²) in [5.41, 5.74) is 3.11. The molecule has 1 atom stereocenters. The SMILES string of the molecule is Cc1ccc(-c2noc(C3CCC(F)(F)CO3)n2)cc1NC(=O)c1cnc2ccccn12. The fourth-order valence-corrected chi connectivity index (χ4v) is 3.58. The van der Waals surface area contributed by atoms with Crippen LogP contribution in [0.25, 0.3) is 17.0 Å². The first kappa shape index (κ1) is 20.3. The number of pyridine rings is 1. The number of imidazole rings is 1. The van der Waals surface area contributed by atoms with E-state index in [1.165, 1.54) is 6.20 Å². The van der Waals surface area contributed by atoms with Gasteiger partial charge < -0.3 is 14.6 Å². The predicted octanol–water partition coefficient (Wildman–Crippen LogP) is 4.43. The van der Waals surface area contributed by atoms with Gasteiger partial charge in [-0.1, -0.05) is 23.4 Å². The molecule has 0 saturated carbocycles. The Balaban J connectivity index is 1.36. The largest absolute Gasteiger partial charge is 0.362 e. The monoisotopic (exact) mass is 439 g/mol. The fraction of sp³-hybridized carbons (Fsp3) is 0.273. The van der Waals surface area contributed by atoms with Crippen molar-refractivity contribution in [2.24, 2.45) is 0 Å². The van der Waals surface area contributed by atoms with Crippen LogP contribution in [-0.2, 0) is 4.74 Å². The van der Waals surface area contributed by atoms with Crippen LogP contribution in [0.4, 0.5) is 14.5 Å². The molecule has 5 rings (SSSR count). The number of rotatable bonds is 4. The Hall–Kier alpha value is -3.66. The van der Waals surface area contributed by atoms with Crippen molar-refractivity contribution in [3.63, 3.8) is 0 Å². The maximum atomic E-state index is 13.3. The summed E-state index contributed by atoms with van der Waals surface area (Å²) < 4.78 is 38.8. The third kappa shape index (κ3) is 3.84. The highest BCUT2D eigenvalue weighted by Crippen LogP contribution is 2.35. The average Bonchev–Trinajstić information content (AvgIpc) is 3.43. The van der Waals surface area contributed by atoms with Gasteiger partial charge in [-0.2, -0.15) is 4.98 Å². The van der Waals surface area contributed by atoms with Gasteiger partial charge in [0.25, 0.3) is 17.7 Å². The molecule has 1 aliphatic rings. The lowest BCUT2D eigenvalue weighted by molar-refractivity contribution is -0.151. The summed E-state index contributed by atoms with van der Waals surface area (Å²) in [5.74, 6) is -2.70. The van der Waals surface area contributed by atoms with Crippen molar-refractivity contribution in [2.75, 3.05) is 11.9 Å². The molecule has 0 aliphatic carbocycles. The summed E-state index contributed by atoms with van der Waals surface area (Å²) in [5, 5.41) is 6.86. The molecular weight excluding hydrogens is 420 g/mol. The van der Waals surface area contributed by atoms with Gasteiger partial charge in [0.1, 0.15) is 24.1 Å². The van der Waals surface area contributed by atoms with E-state index in [-0.39, 0.29) is 30.5 Å². The normalized spacial score (nSPS) is 18.0. The molecule has 1 N–H and O–H groups in total. The molecule has 1 aromatic carbocycles. The number of hydrogen-bond acceptors (Lipinski definition) is 6. The van der Waals surface area contributed by atoms with Crippen LogP contribution in [0.2, 0.25) is 0 Å². The minimum absolute atomic E-state index is 0.100. The summed E-state index contributed by atoms with van der Waals surface area (Å²) in [4.78, 5) is 21.4. The van der Waals surface area contributed by atoms with Crippen molar-refractivity contribution >= 4 is 17.2 Å². The van der Waals surface area contributed by atoms with E-state index < -0.39 is 18.6 Å². The van der Waals surface area contributed by atoms with Crippen molar-refractivity contribution in [3.8, 4) is 11.4 Å². The number of benzene rings is 1. The molecule has 4 heterocycles. The lowest BCUT2D eigenvalue weighted by Crippen LogP contribution is -2.31. The van der Waals surface area contributed by atoms with Crippen molar-refractivity contribution in [3.05, 3.63) is 65.9 Å². The smallest absolute Gasteiger partial charge is 0.274 e. The Morgan fingerprint density at radius 3 is 2.97 bits per heavy atom.